The van der Waals surface area contributed by atoms with Gasteiger partial charge in [-0.1, -0.05) is 0 Å². The minimum Gasteiger partial charge on any atom is -0.378 e. The molecule has 0 saturated heterocycles. The molecule has 1 amide bonds. The first kappa shape index (κ1) is 14.2. The Bertz CT molecular complexity index is 458. The molecule has 98 valence electrons. The normalized spacial score (nSPS) is 10.8. The van der Waals surface area contributed by atoms with Crippen LogP contribution >= 0.6 is 0 Å². The lowest BCUT2D eigenvalue weighted by Gasteiger charge is -2.15. The van der Waals surface area contributed by atoms with Gasteiger partial charge in [0.1, 0.15) is 5.82 Å². The highest BCUT2D eigenvalue weighted by molar-refractivity contribution is 6.00. The monoisotopic (exact) mass is 251 g/mol. The summed E-state index contributed by atoms with van der Waals surface area (Å²) in [5.74, 6) is -1.11. The van der Waals surface area contributed by atoms with Crippen molar-refractivity contribution in [2.24, 2.45) is 4.99 Å². The van der Waals surface area contributed by atoms with Crippen molar-refractivity contribution in [3.63, 3.8) is 0 Å². The van der Waals surface area contributed by atoms with E-state index in [-0.39, 0.29) is 5.56 Å². The fraction of sp³-hybridized carbons (Fsp3) is 0.385. The van der Waals surface area contributed by atoms with E-state index < -0.39 is 11.7 Å². The fourth-order valence-corrected chi connectivity index (χ4v) is 1.49. The largest absolute Gasteiger partial charge is 0.378 e. The van der Waals surface area contributed by atoms with Crippen molar-refractivity contribution in [2.75, 3.05) is 33.1 Å². The van der Waals surface area contributed by atoms with Gasteiger partial charge in [0.05, 0.1) is 11.9 Å². The Morgan fingerprint density at radius 3 is 2.33 bits per heavy atom. The molecule has 0 aromatic heterocycles. The molecule has 1 rings (SSSR count). The predicted molar refractivity (Wildman–Crippen MR) is 72.0 cm³/mol. The SMILES string of the molecule is Cc1cc(N(C)C)cc(F)c1C(=O)/N=C/N(C)C. The van der Waals surface area contributed by atoms with Gasteiger partial charge in [-0.3, -0.25) is 4.79 Å². The number of rotatable bonds is 3. The maximum atomic E-state index is 13.9. The van der Waals surface area contributed by atoms with E-state index in [9.17, 15) is 9.18 Å². The van der Waals surface area contributed by atoms with Crippen LogP contribution in [0.3, 0.4) is 0 Å². The standard InChI is InChI=1S/C13H18FN3O/c1-9-6-10(17(4)5)7-11(14)12(9)13(18)15-8-16(2)3/h6-8H,1-5H3/b15-8+. The van der Waals surface area contributed by atoms with Gasteiger partial charge in [0, 0.05) is 33.9 Å². The molecular weight excluding hydrogens is 233 g/mol. The summed E-state index contributed by atoms with van der Waals surface area (Å²) in [6.07, 6.45) is 1.36. The second-order valence-corrected chi connectivity index (χ2v) is 4.53. The van der Waals surface area contributed by atoms with Crippen LogP contribution in [0.5, 0.6) is 0 Å². The molecular formula is C13H18FN3O. The van der Waals surface area contributed by atoms with Crippen molar-refractivity contribution in [1.29, 1.82) is 0 Å². The van der Waals surface area contributed by atoms with E-state index in [4.69, 9.17) is 0 Å². The van der Waals surface area contributed by atoms with E-state index in [2.05, 4.69) is 4.99 Å². The topological polar surface area (TPSA) is 35.9 Å². The van der Waals surface area contributed by atoms with Gasteiger partial charge in [-0.15, -0.1) is 0 Å². The minimum absolute atomic E-state index is 0.0266. The molecule has 0 radical (unpaired) electrons. The molecule has 1 aromatic rings. The Morgan fingerprint density at radius 2 is 1.89 bits per heavy atom. The number of nitrogens with zero attached hydrogens (tertiary/aromatic N) is 3. The lowest BCUT2D eigenvalue weighted by Crippen LogP contribution is -2.13. The maximum absolute atomic E-state index is 13.9. The summed E-state index contributed by atoms with van der Waals surface area (Å²) in [6, 6.07) is 3.10. The van der Waals surface area contributed by atoms with E-state index in [1.807, 2.05) is 14.1 Å². The zero-order valence-corrected chi connectivity index (χ0v) is 11.4. The molecule has 5 heteroatoms. The van der Waals surface area contributed by atoms with Crippen molar-refractivity contribution < 1.29 is 9.18 Å². The number of benzene rings is 1. The van der Waals surface area contributed by atoms with Gasteiger partial charge in [0.15, 0.2) is 0 Å². The fourth-order valence-electron chi connectivity index (χ4n) is 1.49. The molecule has 0 bridgehead atoms. The number of hydrogen-bond donors (Lipinski definition) is 0. The molecule has 0 N–H and O–H groups in total. The average Bonchev–Trinajstić information content (AvgIpc) is 2.25. The van der Waals surface area contributed by atoms with E-state index >= 15 is 0 Å². The number of amides is 1. The Morgan fingerprint density at radius 1 is 1.28 bits per heavy atom. The molecule has 0 unspecified atom stereocenters. The summed E-state index contributed by atoms with van der Waals surface area (Å²) in [5, 5.41) is 0. The molecule has 0 heterocycles. The van der Waals surface area contributed by atoms with Gasteiger partial charge in [-0.25, -0.2) is 4.39 Å². The summed E-state index contributed by atoms with van der Waals surface area (Å²) in [5.41, 5.74) is 1.33. The van der Waals surface area contributed by atoms with Crippen molar-refractivity contribution in [3.05, 3.63) is 29.1 Å². The van der Waals surface area contributed by atoms with Gasteiger partial charge in [-0.2, -0.15) is 4.99 Å². The van der Waals surface area contributed by atoms with E-state index in [1.54, 1.807) is 36.9 Å². The summed E-state index contributed by atoms with van der Waals surface area (Å²) in [6.45, 7) is 1.70. The zero-order valence-electron chi connectivity index (χ0n) is 11.4. The lowest BCUT2D eigenvalue weighted by atomic mass is 10.1. The Kier molecular flexibility index (Phi) is 4.42. The Balaban J connectivity index is 3.14. The summed E-state index contributed by atoms with van der Waals surface area (Å²) in [4.78, 5) is 18.9. The first-order chi connectivity index (χ1) is 8.32. The van der Waals surface area contributed by atoms with Crippen LogP contribution in [0.2, 0.25) is 0 Å². The third-order valence-electron chi connectivity index (χ3n) is 2.41. The molecule has 0 saturated carbocycles. The quantitative estimate of drug-likeness (QED) is 0.608. The maximum Gasteiger partial charge on any atom is 0.281 e. The highest BCUT2D eigenvalue weighted by atomic mass is 19.1. The molecule has 0 atom stereocenters. The molecule has 0 spiro atoms. The second kappa shape index (κ2) is 5.62. The van der Waals surface area contributed by atoms with Gasteiger partial charge in [-0.05, 0) is 24.6 Å². The molecule has 0 aliphatic rings. The van der Waals surface area contributed by atoms with Gasteiger partial charge >= 0.3 is 0 Å². The first-order valence-electron chi connectivity index (χ1n) is 5.55. The number of anilines is 1. The molecule has 4 nitrogen and oxygen atoms in total. The van der Waals surface area contributed by atoms with Gasteiger partial charge < -0.3 is 9.80 Å². The highest BCUT2D eigenvalue weighted by Gasteiger charge is 2.15. The van der Waals surface area contributed by atoms with E-state index in [0.29, 0.717) is 5.56 Å². The Hall–Kier alpha value is -1.91. The number of aliphatic imine (C=N–C) groups is 1. The number of halogens is 1. The molecule has 0 fully saturated rings. The second-order valence-electron chi connectivity index (χ2n) is 4.53. The minimum atomic E-state index is -0.566. The van der Waals surface area contributed by atoms with E-state index in [0.717, 1.165) is 5.69 Å². The predicted octanol–water partition coefficient (Wildman–Crippen LogP) is 1.93. The van der Waals surface area contributed by atoms with Crippen LogP contribution in [-0.2, 0) is 0 Å². The molecule has 1 aromatic carbocycles. The number of hydrogen-bond acceptors (Lipinski definition) is 2. The van der Waals surface area contributed by atoms with Crippen LogP contribution in [-0.4, -0.2) is 45.3 Å². The van der Waals surface area contributed by atoms with Crippen LogP contribution in [0, 0.1) is 12.7 Å². The highest BCUT2D eigenvalue weighted by Crippen LogP contribution is 2.21. The van der Waals surface area contributed by atoms with Crippen molar-refractivity contribution in [3.8, 4) is 0 Å². The number of carbonyl (C=O) groups excluding carboxylic acids is 1. The van der Waals surface area contributed by atoms with Gasteiger partial charge in [0.25, 0.3) is 5.91 Å². The Labute approximate surface area is 107 Å². The van der Waals surface area contributed by atoms with Gasteiger partial charge in [0.2, 0.25) is 0 Å². The first-order valence-corrected chi connectivity index (χ1v) is 5.55. The van der Waals surface area contributed by atoms with Crippen LogP contribution in [0.1, 0.15) is 15.9 Å². The molecule has 0 aliphatic heterocycles. The third-order valence-corrected chi connectivity index (χ3v) is 2.41. The van der Waals surface area contributed by atoms with Crippen molar-refractivity contribution in [2.45, 2.75) is 6.92 Å². The molecule has 0 aliphatic carbocycles. The number of carbonyl (C=O) groups is 1. The zero-order chi connectivity index (χ0) is 13.9. The van der Waals surface area contributed by atoms with Crippen molar-refractivity contribution >= 4 is 17.9 Å². The molecule has 18 heavy (non-hydrogen) atoms. The summed E-state index contributed by atoms with van der Waals surface area (Å²) in [7, 11) is 7.13. The number of aryl methyl sites for hydroxylation is 1. The average molecular weight is 251 g/mol. The van der Waals surface area contributed by atoms with Crippen LogP contribution < -0.4 is 4.90 Å². The van der Waals surface area contributed by atoms with Crippen LogP contribution in [0.25, 0.3) is 0 Å². The smallest absolute Gasteiger partial charge is 0.281 e. The van der Waals surface area contributed by atoms with Crippen LogP contribution in [0.15, 0.2) is 17.1 Å². The van der Waals surface area contributed by atoms with Crippen molar-refractivity contribution in [1.82, 2.24) is 4.90 Å². The van der Waals surface area contributed by atoms with Crippen LogP contribution in [0.4, 0.5) is 10.1 Å². The van der Waals surface area contributed by atoms with E-state index in [1.165, 1.54) is 12.4 Å². The lowest BCUT2D eigenvalue weighted by molar-refractivity contribution is 0.0998. The summed E-state index contributed by atoms with van der Waals surface area (Å²) >= 11 is 0. The third kappa shape index (κ3) is 3.29. The summed E-state index contributed by atoms with van der Waals surface area (Å²) < 4.78 is 13.9.